The molecule has 1 amide bonds. The molecule has 2 atom stereocenters. The molecule has 0 radical (unpaired) electrons. The van der Waals surface area contributed by atoms with Gasteiger partial charge in [-0.05, 0) is 53.8 Å². The Hall–Kier alpha value is -3.80. The molecule has 0 N–H and O–H groups in total. The summed E-state index contributed by atoms with van der Waals surface area (Å²) in [5.41, 5.74) is 4.59. The minimum absolute atomic E-state index is 0.00753. The lowest BCUT2D eigenvalue weighted by Gasteiger charge is -2.26. The van der Waals surface area contributed by atoms with E-state index in [1.165, 1.54) is 17.2 Å². The number of likely N-dealkylation sites (tertiary alicyclic amines) is 1. The van der Waals surface area contributed by atoms with Crippen LogP contribution >= 0.6 is 0 Å². The normalized spacial score (nSPS) is 19.8. The molecule has 1 aliphatic carbocycles. The summed E-state index contributed by atoms with van der Waals surface area (Å²) in [4.78, 5) is 27.0. The summed E-state index contributed by atoms with van der Waals surface area (Å²) in [5.74, 6) is 1.81. The van der Waals surface area contributed by atoms with Gasteiger partial charge in [0.1, 0.15) is 12.1 Å². The molecule has 3 aromatic rings. The molecule has 1 aliphatic heterocycles. The number of hydrogen-bond donors (Lipinski definition) is 0. The Balaban J connectivity index is 1.40. The van der Waals surface area contributed by atoms with Crippen LogP contribution in [0.25, 0.3) is 5.57 Å². The Kier molecular flexibility index (Phi) is 5.50. The van der Waals surface area contributed by atoms with Crippen LogP contribution in [0.15, 0.2) is 79.9 Å². The van der Waals surface area contributed by atoms with Crippen molar-refractivity contribution >= 4 is 11.5 Å². The first-order valence-corrected chi connectivity index (χ1v) is 10.8. The highest BCUT2D eigenvalue weighted by Crippen LogP contribution is 2.40. The number of allylic oxidation sites excluding steroid dienone is 1. The highest BCUT2D eigenvalue weighted by molar-refractivity contribution is 5.87. The van der Waals surface area contributed by atoms with Gasteiger partial charge in [0.05, 0.1) is 5.69 Å². The van der Waals surface area contributed by atoms with Crippen LogP contribution in [0.4, 0.5) is 0 Å². The van der Waals surface area contributed by atoms with E-state index in [1.54, 1.807) is 12.5 Å². The van der Waals surface area contributed by atoms with Crippen LogP contribution in [0.3, 0.4) is 0 Å². The molecule has 2 aromatic heterocycles. The predicted molar refractivity (Wildman–Crippen MR) is 122 cm³/mol. The molecule has 2 aliphatic rings. The van der Waals surface area contributed by atoms with E-state index in [-0.39, 0.29) is 17.7 Å². The number of fused-ring (bicyclic) bond motifs is 1. The van der Waals surface area contributed by atoms with Crippen molar-refractivity contribution in [3.63, 3.8) is 0 Å². The molecule has 5 rings (SSSR count). The number of rotatable bonds is 5. The molecule has 3 heterocycles. The van der Waals surface area contributed by atoms with Crippen molar-refractivity contribution in [2.75, 3.05) is 13.1 Å². The molecule has 2 unspecified atom stereocenters. The lowest BCUT2D eigenvalue weighted by molar-refractivity contribution is -0.125. The second-order valence-electron chi connectivity index (χ2n) is 8.14. The van der Waals surface area contributed by atoms with Crippen molar-refractivity contribution < 1.29 is 9.53 Å². The highest BCUT2D eigenvalue weighted by Gasteiger charge is 2.32. The third kappa shape index (κ3) is 4.04. The number of pyridine rings is 1. The molecule has 1 fully saturated rings. The summed E-state index contributed by atoms with van der Waals surface area (Å²) in [6, 6.07) is 13.8. The summed E-state index contributed by atoms with van der Waals surface area (Å²) in [6.07, 6.45) is 10.7. The van der Waals surface area contributed by atoms with Crippen LogP contribution in [0.1, 0.15) is 29.2 Å². The number of amides is 1. The van der Waals surface area contributed by atoms with Crippen LogP contribution in [0.5, 0.6) is 11.6 Å². The minimum Gasteiger partial charge on any atom is -0.439 e. The fourth-order valence-corrected chi connectivity index (χ4v) is 4.56. The van der Waals surface area contributed by atoms with Gasteiger partial charge in [0.25, 0.3) is 0 Å². The number of carbonyl (C=O) groups excluding carboxylic acids is 1. The van der Waals surface area contributed by atoms with Crippen LogP contribution in [-0.4, -0.2) is 38.8 Å². The maximum Gasteiger partial charge on any atom is 0.245 e. The summed E-state index contributed by atoms with van der Waals surface area (Å²) < 4.78 is 5.83. The van der Waals surface area contributed by atoms with Gasteiger partial charge in [0.2, 0.25) is 11.8 Å². The summed E-state index contributed by atoms with van der Waals surface area (Å²) >= 11 is 0. The molecular formula is C26H24N4O2. The third-order valence-corrected chi connectivity index (χ3v) is 6.16. The quantitative estimate of drug-likeness (QED) is 0.567. The van der Waals surface area contributed by atoms with Gasteiger partial charge in [-0.1, -0.05) is 30.9 Å². The Morgan fingerprint density at radius 2 is 2.03 bits per heavy atom. The molecule has 0 saturated carbocycles. The van der Waals surface area contributed by atoms with Gasteiger partial charge < -0.3 is 9.64 Å². The molecule has 0 bridgehead atoms. The maximum absolute atomic E-state index is 12.1. The Morgan fingerprint density at radius 3 is 2.81 bits per heavy atom. The molecule has 6 nitrogen and oxygen atoms in total. The summed E-state index contributed by atoms with van der Waals surface area (Å²) in [5, 5.41) is 0. The molecule has 32 heavy (non-hydrogen) atoms. The van der Waals surface area contributed by atoms with Crippen molar-refractivity contribution in [2.24, 2.45) is 5.92 Å². The minimum atomic E-state index is -0.00753. The van der Waals surface area contributed by atoms with Gasteiger partial charge >= 0.3 is 0 Å². The zero-order chi connectivity index (χ0) is 21.9. The van der Waals surface area contributed by atoms with Gasteiger partial charge in [-0.3, -0.25) is 4.79 Å². The SMILES string of the molecule is C=CC(=O)N1CCC(C2=CC(c3ccc(Oc4ccccn4)cc3)Cc3cncnc32)C1. The predicted octanol–water partition coefficient (Wildman–Crippen LogP) is 4.42. The maximum atomic E-state index is 12.1. The number of ether oxygens (including phenoxy) is 1. The van der Waals surface area contributed by atoms with Crippen molar-refractivity contribution in [1.82, 2.24) is 19.9 Å². The molecule has 1 saturated heterocycles. The third-order valence-electron chi connectivity index (χ3n) is 6.16. The molecular weight excluding hydrogens is 400 g/mol. The van der Waals surface area contributed by atoms with E-state index < -0.39 is 0 Å². The molecule has 6 heteroatoms. The molecule has 0 spiro atoms. The second kappa shape index (κ2) is 8.75. The highest BCUT2D eigenvalue weighted by atomic mass is 16.5. The number of hydrogen-bond acceptors (Lipinski definition) is 5. The Labute approximate surface area is 187 Å². The fraction of sp³-hybridized carbons (Fsp3) is 0.231. The fourth-order valence-electron chi connectivity index (χ4n) is 4.56. The van der Waals surface area contributed by atoms with Gasteiger partial charge in [0, 0.05) is 43.4 Å². The Bertz CT molecular complexity index is 1160. The Morgan fingerprint density at radius 1 is 1.16 bits per heavy atom. The van der Waals surface area contributed by atoms with Gasteiger partial charge in [-0.15, -0.1) is 0 Å². The smallest absolute Gasteiger partial charge is 0.245 e. The van der Waals surface area contributed by atoms with Crippen molar-refractivity contribution in [2.45, 2.75) is 18.8 Å². The van der Waals surface area contributed by atoms with Crippen LogP contribution in [0, 0.1) is 5.92 Å². The largest absolute Gasteiger partial charge is 0.439 e. The van der Waals surface area contributed by atoms with E-state index in [2.05, 4.69) is 39.7 Å². The van der Waals surface area contributed by atoms with E-state index in [0.717, 1.165) is 36.4 Å². The van der Waals surface area contributed by atoms with Gasteiger partial charge in [-0.25, -0.2) is 15.0 Å². The van der Waals surface area contributed by atoms with E-state index in [9.17, 15) is 4.79 Å². The standard InChI is InChI=1S/C26H24N4O2/c1-2-25(31)30-12-10-19(16-30)23-14-20(13-21-15-27-17-29-26(21)23)18-6-8-22(9-7-18)32-24-5-3-4-11-28-24/h2-9,11,14-15,17,19-20H,1,10,12-13,16H2. The number of nitrogens with zero attached hydrogens (tertiary/aromatic N) is 4. The van der Waals surface area contributed by atoms with Crippen LogP contribution in [0.2, 0.25) is 0 Å². The number of aromatic nitrogens is 3. The molecule has 1 aromatic carbocycles. The first kappa shape index (κ1) is 20.1. The zero-order valence-corrected chi connectivity index (χ0v) is 17.7. The van der Waals surface area contributed by atoms with Crippen molar-refractivity contribution in [3.05, 3.63) is 96.7 Å². The lowest BCUT2D eigenvalue weighted by Crippen LogP contribution is -2.27. The lowest BCUT2D eigenvalue weighted by atomic mass is 9.80. The average Bonchev–Trinajstić information content (AvgIpc) is 3.34. The second-order valence-corrected chi connectivity index (χ2v) is 8.14. The van der Waals surface area contributed by atoms with Crippen molar-refractivity contribution in [3.8, 4) is 11.6 Å². The van der Waals surface area contributed by atoms with E-state index in [1.807, 2.05) is 41.4 Å². The average molecular weight is 425 g/mol. The van der Waals surface area contributed by atoms with Crippen molar-refractivity contribution in [1.29, 1.82) is 0 Å². The monoisotopic (exact) mass is 424 g/mol. The zero-order valence-electron chi connectivity index (χ0n) is 17.7. The number of benzene rings is 1. The summed E-state index contributed by atoms with van der Waals surface area (Å²) in [6.45, 7) is 5.07. The van der Waals surface area contributed by atoms with E-state index >= 15 is 0 Å². The molecule has 160 valence electrons. The first-order chi connectivity index (χ1) is 15.7. The van der Waals surface area contributed by atoms with Gasteiger partial charge in [-0.2, -0.15) is 0 Å². The van der Waals surface area contributed by atoms with Crippen LogP contribution in [-0.2, 0) is 11.2 Å². The van der Waals surface area contributed by atoms with E-state index in [4.69, 9.17) is 4.74 Å². The van der Waals surface area contributed by atoms with E-state index in [0.29, 0.717) is 12.4 Å². The first-order valence-electron chi connectivity index (χ1n) is 10.8. The number of carbonyl (C=O) groups is 1. The van der Waals surface area contributed by atoms with Crippen LogP contribution < -0.4 is 4.74 Å². The summed E-state index contributed by atoms with van der Waals surface area (Å²) in [7, 11) is 0. The van der Waals surface area contributed by atoms with Gasteiger partial charge in [0.15, 0.2) is 0 Å². The topological polar surface area (TPSA) is 68.2 Å².